The average Bonchev–Trinajstić information content (AvgIpc) is 3.15. The lowest BCUT2D eigenvalue weighted by atomic mass is 10.1. The van der Waals surface area contributed by atoms with Gasteiger partial charge in [0.15, 0.2) is 11.5 Å². The molecule has 1 aliphatic heterocycles. The summed E-state index contributed by atoms with van der Waals surface area (Å²) in [5.41, 5.74) is 3.37. The first-order valence-corrected chi connectivity index (χ1v) is 12.6. The van der Waals surface area contributed by atoms with E-state index in [1.165, 1.54) is 10.5 Å². The molecule has 1 heterocycles. The SMILES string of the molecule is CCCCc1ccc(N2C(=O)S/C(=C\c3ccc(OCc4ccccc4Cl)c(OC)c3)C2=O)cc1. The van der Waals surface area contributed by atoms with Crippen LogP contribution >= 0.6 is 23.4 Å². The minimum absolute atomic E-state index is 0.297. The number of unbranched alkanes of at least 4 members (excludes halogenated alkanes) is 1. The molecule has 0 spiro atoms. The van der Waals surface area contributed by atoms with E-state index >= 15 is 0 Å². The molecule has 2 amide bonds. The topological polar surface area (TPSA) is 55.8 Å². The van der Waals surface area contributed by atoms with Crippen molar-refractivity contribution in [2.75, 3.05) is 12.0 Å². The highest BCUT2D eigenvalue weighted by Crippen LogP contribution is 2.37. The van der Waals surface area contributed by atoms with Gasteiger partial charge in [-0.2, -0.15) is 0 Å². The van der Waals surface area contributed by atoms with Crippen molar-refractivity contribution in [1.29, 1.82) is 0 Å². The molecule has 4 rings (SSSR count). The number of ether oxygens (including phenoxy) is 2. The monoisotopic (exact) mass is 507 g/mol. The molecule has 3 aromatic carbocycles. The van der Waals surface area contributed by atoms with Crippen LogP contribution in [0.15, 0.2) is 71.6 Å². The van der Waals surface area contributed by atoms with Crippen molar-refractivity contribution >= 4 is 46.3 Å². The first-order chi connectivity index (χ1) is 17.0. The number of anilines is 1. The molecule has 0 radical (unpaired) electrons. The van der Waals surface area contributed by atoms with E-state index in [1.54, 1.807) is 25.3 Å². The molecule has 3 aromatic rings. The van der Waals surface area contributed by atoms with Gasteiger partial charge in [0.2, 0.25) is 0 Å². The smallest absolute Gasteiger partial charge is 0.298 e. The van der Waals surface area contributed by atoms with Crippen molar-refractivity contribution in [3.63, 3.8) is 0 Å². The Morgan fingerprint density at radius 3 is 2.49 bits per heavy atom. The second-order valence-corrected chi connectivity index (χ2v) is 9.48. The van der Waals surface area contributed by atoms with Gasteiger partial charge in [0.1, 0.15) is 6.61 Å². The van der Waals surface area contributed by atoms with Gasteiger partial charge in [0, 0.05) is 10.6 Å². The molecule has 7 heteroatoms. The number of rotatable bonds is 9. The van der Waals surface area contributed by atoms with Gasteiger partial charge in [0.25, 0.3) is 11.1 Å². The number of carbonyl (C=O) groups excluding carboxylic acids is 2. The van der Waals surface area contributed by atoms with Crippen LogP contribution in [0.3, 0.4) is 0 Å². The quantitative estimate of drug-likeness (QED) is 0.280. The number of halogens is 1. The predicted molar refractivity (Wildman–Crippen MR) is 142 cm³/mol. The number of benzene rings is 3. The van der Waals surface area contributed by atoms with Crippen LogP contribution < -0.4 is 14.4 Å². The highest BCUT2D eigenvalue weighted by Gasteiger charge is 2.36. The molecule has 0 unspecified atom stereocenters. The van der Waals surface area contributed by atoms with Crippen molar-refractivity contribution < 1.29 is 19.1 Å². The highest BCUT2D eigenvalue weighted by atomic mass is 35.5. The zero-order chi connectivity index (χ0) is 24.8. The summed E-state index contributed by atoms with van der Waals surface area (Å²) in [4.78, 5) is 27.3. The molecule has 35 heavy (non-hydrogen) atoms. The van der Waals surface area contributed by atoms with Crippen molar-refractivity contribution in [3.8, 4) is 11.5 Å². The first-order valence-electron chi connectivity index (χ1n) is 11.4. The number of thioether (sulfide) groups is 1. The second-order valence-electron chi connectivity index (χ2n) is 8.08. The molecule has 0 N–H and O–H groups in total. The number of amides is 2. The Kier molecular flexibility index (Phi) is 8.16. The Hall–Kier alpha value is -3.22. The third kappa shape index (κ3) is 5.89. The maximum Gasteiger partial charge on any atom is 0.298 e. The minimum Gasteiger partial charge on any atom is -0.493 e. The molecule has 1 aliphatic rings. The van der Waals surface area contributed by atoms with Gasteiger partial charge in [-0.25, -0.2) is 4.90 Å². The van der Waals surface area contributed by atoms with Crippen LogP contribution in [0.5, 0.6) is 11.5 Å². The number of methoxy groups -OCH3 is 1. The van der Waals surface area contributed by atoms with Crippen LogP contribution in [0.2, 0.25) is 5.02 Å². The van der Waals surface area contributed by atoms with Gasteiger partial charge in [-0.05, 0) is 72.1 Å². The van der Waals surface area contributed by atoms with E-state index in [4.69, 9.17) is 21.1 Å². The number of carbonyl (C=O) groups is 2. The zero-order valence-electron chi connectivity index (χ0n) is 19.6. The van der Waals surface area contributed by atoms with Gasteiger partial charge in [0.05, 0.1) is 17.7 Å². The van der Waals surface area contributed by atoms with Gasteiger partial charge >= 0.3 is 0 Å². The highest BCUT2D eigenvalue weighted by molar-refractivity contribution is 8.19. The summed E-state index contributed by atoms with van der Waals surface area (Å²) >= 11 is 7.14. The number of aryl methyl sites for hydroxylation is 1. The van der Waals surface area contributed by atoms with Crippen molar-refractivity contribution in [1.82, 2.24) is 0 Å². The summed E-state index contributed by atoms with van der Waals surface area (Å²) in [5, 5.41) is 0.323. The zero-order valence-corrected chi connectivity index (χ0v) is 21.2. The Morgan fingerprint density at radius 2 is 1.77 bits per heavy atom. The molecule has 1 saturated heterocycles. The van der Waals surface area contributed by atoms with E-state index in [2.05, 4.69) is 6.92 Å². The number of imide groups is 1. The van der Waals surface area contributed by atoms with Crippen LogP contribution in [-0.4, -0.2) is 18.3 Å². The van der Waals surface area contributed by atoms with Gasteiger partial charge in [-0.15, -0.1) is 0 Å². The van der Waals surface area contributed by atoms with E-state index in [0.717, 1.165) is 42.2 Å². The molecule has 0 saturated carbocycles. The van der Waals surface area contributed by atoms with Crippen molar-refractivity contribution in [2.24, 2.45) is 0 Å². The van der Waals surface area contributed by atoms with E-state index in [1.807, 2.05) is 54.6 Å². The maximum atomic E-state index is 13.0. The standard InChI is InChI=1S/C28H26ClNO4S/c1-3-4-7-19-10-13-22(14-11-19)30-27(31)26(35-28(30)32)17-20-12-15-24(25(16-20)33-2)34-18-21-8-5-6-9-23(21)29/h5-6,8-17H,3-4,7,18H2,1-2H3/b26-17-. The molecular formula is C28H26ClNO4S. The number of hydrogen-bond donors (Lipinski definition) is 0. The Bertz CT molecular complexity index is 1260. The number of hydrogen-bond acceptors (Lipinski definition) is 5. The summed E-state index contributed by atoms with van der Waals surface area (Å²) in [6.07, 6.45) is 4.91. The van der Waals surface area contributed by atoms with Gasteiger partial charge in [-0.3, -0.25) is 9.59 Å². The van der Waals surface area contributed by atoms with Crippen LogP contribution in [0.1, 0.15) is 36.5 Å². The Balaban J connectivity index is 1.49. The molecule has 180 valence electrons. The summed E-state index contributed by atoms with van der Waals surface area (Å²) in [6, 6.07) is 20.5. The average molecular weight is 508 g/mol. The lowest BCUT2D eigenvalue weighted by Crippen LogP contribution is -2.27. The molecule has 5 nitrogen and oxygen atoms in total. The molecule has 0 aromatic heterocycles. The molecule has 0 bridgehead atoms. The summed E-state index contributed by atoms with van der Waals surface area (Å²) in [7, 11) is 1.56. The van der Waals surface area contributed by atoms with E-state index in [9.17, 15) is 9.59 Å². The second kappa shape index (κ2) is 11.5. The fourth-order valence-electron chi connectivity index (χ4n) is 3.70. The third-order valence-corrected chi connectivity index (χ3v) is 6.87. The first kappa shape index (κ1) is 24.9. The lowest BCUT2D eigenvalue weighted by molar-refractivity contribution is -0.113. The third-order valence-electron chi connectivity index (χ3n) is 5.63. The van der Waals surface area contributed by atoms with Crippen LogP contribution in [0.4, 0.5) is 10.5 Å². The Labute approximate surface area is 214 Å². The summed E-state index contributed by atoms with van der Waals surface area (Å²) in [6.45, 7) is 2.45. The molecule has 0 atom stereocenters. The van der Waals surface area contributed by atoms with Crippen LogP contribution in [0, 0.1) is 0 Å². The van der Waals surface area contributed by atoms with Crippen LogP contribution in [0.25, 0.3) is 6.08 Å². The van der Waals surface area contributed by atoms with E-state index in [-0.39, 0.29) is 11.1 Å². The summed E-state index contributed by atoms with van der Waals surface area (Å²) in [5.74, 6) is 0.743. The molecular weight excluding hydrogens is 482 g/mol. The predicted octanol–water partition coefficient (Wildman–Crippen LogP) is 7.51. The molecule has 0 aliphatic carbocycles. The fraction of sp³-hybridized carbons (Fsp3) is 0.214. The molecule has 1 fully saturated rings. The van der Waals surface area contributed by atoms with E-state index < -0.39 is 0 Å². The van der Waals surface area contributed by atoms with Gasteiger partial charge in [-0.1, -0.05) is 61.3 Å². The lowest BCUT2D eigenvalue weighted by Gasteiger charge is -2.13. The van der Waals surface area contributed by atoms with E-state index in [0.29, 0.717) is 33.7 Å². The largest absolute Gasteiger partial charge is 0.493 e. The number of nitrogens with zero attached hydrogens (tertiary/aromatic N) is 1. The van der Waals surface area contributed by atoms with Gasteiger partial charge < -0.3 is 9.47 Å². The maximum absolute atomic E-state index is 13.0. The minimum atomic E-state index is -0.334. The Morgan fingerprint density at radius 1 is 1.00 bits per heavy atom. The van der Waals surface area contributed by atoms with Crippen LogP contribution in [-0.2, 0) is 17.8 Å². The van der Waals surface area contributed by atoms with Crippen molar-refractivity contribution in [3.05, 3.63) is 93.3 Å². The summed E-state index contributed by atoms with van der Waals surface area (Å²) < 4.78 is 11.4. The van der Waals surface area contributed by atoms with Crippen molar-refractivity contribution in [2.45, 2.75) is 32.8 Å². The normalized spacial score (nSPS) is 14.6. The fourth-order valence-corrected chi connectivity index (χ4v) is 4.73.